The van der Waals surface area contributed by atoms with Gasteiger partial charge in [-0.25, -0.2) is 19.7 Å². The number of rotatable bonds is 3. The third-order valence-corrected chi connectivity index (χ3v) is 8.50. The Kier molecular flexibility index (Phi) is 5.59. The molecule has 2 N–H and O–H groups in total. The molecule has 4 atom stereocenters. The lowest BCUT2D eigenvalue weighted by molar-refractivity contribution is 0.0461. The number of imidazole rings is 1. The molecule has 5 heterocycles. The standard InChI is InChI=1S/C31H32ClN7O4/c1-31(2,3)43-30(42)36-21-14-38(15-25(21)40)29-33-12-17(13-34-29)16-8-9-20-22(10-16)39-23-11-24(27(39)35-20)37(4)28(41)18-6-5-7-19(32)26(18)23/h5-10,12-13,21,23-25,40H,11,14-15H2,1-4H3,(H,36,42)/t21-,23-,24-,25-/m1/s1/i4D3. The van der Waals surface area contributed by atoms with Gasteiger partial charge in [0.1, 0.15) is 11.4 Å². The summed E-state index contributed by atoms with van der Waals surface area (Å²) < 4.78 is 31.9. The fourth-order valence-electron chi connectivity index (χ4n) is 6.26. The fourth-order valence-corrected chi connectivity index (χ4v) is 6.56. The molecule has 4 aromatic rings. The number of ether oxygens (including phenoxy) is 1. The van der Waals surface area contributed by atoms with Crippen LogP contribution >= 0.6 is 11.6 Å². The highest BCUT2D eigenvalue weighted by atomic mass is 35.5. The van der Waals surface area contributed by atoms with E-state index in [1.165, 1.54) is 0 Å². The third-order valence-electron chi connectivity index (χ3n) is 8.17. The van der Waals surface area contributed by atoms with E-state index in [0.717, 1.165) is 21.5 Å². The number of hydrogen-bond acceptors (Lipinski definition) is 8. The lowest BCUT2D eigenvalue weighted by atomic mass is 9.98. The number of amides is 2. The molecule has 0 saturated carbocycles. The minimum atomic E-state index is -2.68. The van der Waals surface area contributed by atoms with Crippen LogP contribution in [0.4, 0.5) is 10.7 Å². The smallest absolute Gasteiger partial charge is 0.408 e. The summed E-state index contributed by atoms with van der Waals surface area (Å²) in [5.74, 6) is 0.327. The van der Waals surface area contributed by atoms with Crippen molar-refractivity contribution in [2.75, 3.05) is 25.0 Å². The molecule has 1 fully saturated rings. The zero-order chi connectivity index (χ0) is 32.7. The van der Waals surface area contributed by atoms with Crippen molar-refractivity contribution in [1.82, 2.24) is 29.7 Å². The van der Waals surface area contributed by atoms with Gasteiger partial charge in [0.2, 0.25) is 5.95 Å². The van der Waals surface area contributed by atoms with Gasteiger partial charge in [-0.15, -0.1) is 0 Å². The molecule has 2 amide bonds. The van der Waals surface area contributed by atoms with Crippen LogP contribution in [0, 0.1) is 0 Å². The maximum atomic E-state index is 13.6. The highest BCUT2D eigenvalue weighted by molar-refractivity contribution is 6.32. The number of aliphatic hydroxyl groups excluding tert-OH is 1. The summed E-state index contributed by atoms with van der Waals surface area (Å²) in [7, 11) is 0. The van der Waals surface area contributed by atoms with E-state index in [0.29, 0.717) is 40.8 Å². The fraction of sp³-hybridized carbons (Fsp3) is 0.387. The van der Waals surface area contributed by atoms with Gasteiger partial charge in [0.25, 0.3) is 5.91 Å². The monoisotopic (exact) mass is 604 g/mol. The first-order chi connectivity index (χ1) is 21.7. The molecule has 3 aliphatic rings. The Morgan fingerprint density at radius 1 is 1.14 bits per heavy atom. The molecule has 43 heavy (non-hydrogen) atoms. The Morgan fingerprint density at radius 3 is 2.67 bits per heavy atom. The second-order valence-corrected chi connectivity index (χ2v) is 12.6. The van der Waals surface area contributed by atoms with Gasteiger partial charge in [0, 0.05) is 64.7 Å². The van der Waals surface area contributed by atoms with Crippen LogP contribution in [-0.4, -0.2) is 79.3 Å². The Hall–Kier alpha value is -4.22. The Bertz CT molecular complexity index is 1870. The molecule has 12 heteroatoms. The summed E-state index contributed by atoms with van der Waals surface area (Å²) >= 11 is 6.67. The number of aliphatic hydroxyl groups is 1. The van der Waals surface area contributed by atoms with Crippen LogP contribution in [0.25, 0.3) is 22.2 Å². The van der Waals surface area contributed by atoms with Gasteiger partial charge in [0.15, 0.2) is 0 Å². The molecule has 0 radical (unpaired) electrons. The van der Waals surface area contributed by atoms with Crippen molar-refractivity contribution in [3.63, 3.8) is 0 Å². The molecule has 2 bridgehead atoms. The Labute approximate surface area is 257 Å². The van der Waals surface area contributed by atoms with Crippen LogP contribution in [0.5, 0.6) is 0 Å². The summed E-state index contributed by atoms with van der Waals surface area (Å²) in [6.45, 7) is 3.20. The molecule has 3 aliphatic heterocycles. The van der Waals surface area contributed by atoms with Crippen LogP contribution in [0.1, 0.15) is 65.1 Å². The average molecular weight is 605 g/mol. The van der Waals surface area contributed by atoms with Crippen molar-refractivity contribution < 1.29 is 23.5 Å². The van der Waals surface area contributed by atoms with Crippen molar-refractivity contribution in [3.8, 4) is 11.1 Å². The van der Waals surface area contributed by atoms with Crippen molar-refractivity contribution >= 4 is 40.6 Å². The number of nitrogens with zero attached hydrogens (tertiary/aromatic N) is 6. The van der Waals surface area contributed by atoms with Gasteiger partial charge in [-0.2, -0.15) is 0 Å². The van der Waals surface area contributed by atoms with E-state index >= 15 is 0 Å². The van der Waals surface area contributed by atoms with Crippen molar-refractivity contribution in [3.05, 3.63) is 70.8 Å². The maximum absolute atomic E-state index is 13.6. The highest BCUT2D eigenvalue weighted by Gasteiger charge is 2.44. The molecule has 0 aliphatic carbocycles. The van der Waals surface area contributed by atoms with E-state index in [2.05, 4.69) is 15.3 Å². The van der Waals surface area contributed by atoms with Gasteiger partial charge >= 0.3 is 6.09 Å². The van der Waals surface area contributed by atoms with E-state index in [4.69, 9.17) is 25.4 Å². The van der Waals surface area contributed by atoms with Gasteiger partial charge in [-0.1, -0.05) is 23.7 Å². The maximum Gasteiger partial charge on any atom is 0.408 e. The van der Waals surface area contributed by atoms with Crippen LogP contribution < -0.4 is 10.2 Å². The number of alkyl carbamates (subject to hydrolysis) is 1. The molecule has 222 valence electrons. The first kappa shape index (κ1) is 24.2. The number of carbonyl (C=O) groups excluding carboxylic acids is 2. The number of anilines is 1. The summed E-state index contributed by atoms with van der Waals surface area (Å²) in [6.07, 6.45) is 2.31. The first-order valence-electron chi connectivity index (χ1n) is 15.6. The van der Waals surface area contributed by atoms with E-state index in [1.54, 1.807) is 56.3 Å². The molecule has 0 spiro atoms. The molecule has 1 saturated heterocycles. The average Bonchev–Trinajstić information content (AvgIpc) is 3.60. The Balaban J connectivity index is 1.19. The topological polar surface area (TPSA) is 126 Å². The van der Waals surface area contributed by atoms with Crippen LogP contribution in [0.2, 0.25) is 5.02 Å². The highest BCUT2D eigenvalue weighted by Crippen LogP contribution is 2.49. The molecule has 2 aromatic carbocycles. The number of benzene rings is 2. The summed E-state index contributed by atoms with van der Waals surface area (Å²) in [4.78, 5) is 42.5. The summed E-state index contributed by atoms with van der Waals surface area (Å²) in [5.41, 5.74) is 3.20. The summed E-state index contributed by atoms with van der Waals surface area (Å²) in [6, 6.07) is 9.02. The van der Waals surface area contributed by atoms with Gasteiger partial charge in [-0.3, -0.25) is 4.79 Å². The van der Waals surface area contributed by atoms with Crippen LogP contribution in [0.15, 0.2) is 48.8 Å². The third kappa shape index (κ3) is 4.67. The van der Waals surface area contributed by atoms with Gasteiger partial charge in [-0.05, 0) is 50.6 Å². The zero-order valence-corrected chi connectivity index (χ0v) is 24.5. The van der Waals surface area contributed by atoms with Gasteiger partial charge in [0.05, 0.1) is 35.3 Å². The normalized spacial score (nSPS) is 24.2. The minimum Gasteiger partial charge on any atom is -0.444 e. The number of aromatic nitrogens is 4. The minimum absolute atomic E-state index is 0.246. The molecule has 0 unspecified atom stereocenters. The van der Waals surface area contributed by atoms with Crippen molar-refractivity contribution in [2.24, 2.45) is 0 Å². The van der Waals surface area contributed by atoms with Crippen molar-refractivity contribution in [1.29, 1.82) is 0 Å². The number of hydrogen-bond donors (Lipinski definition) is 2. The van der Waals surface area contributed by atoms with Crippen LogP contribution in [0.3, 0.4) is 0 Å². The first-order valence-corrected chi connectivity index (χ1v) is 14.5. The number of nitrogens with one attached hydrogen (secondary N) is 1. The number of β-amino-alcohol motifs (C(OH)–C–C–N with tert-alkyl or cyclic N) is 1. The second-order valence-electron chi connectivity index (χ2n) is 12.2. The lowest BCUT2D eigenvalue weighted by Crippen LogP contribution is -2.45. The number of carbonyl (C=O) groups is 2. The van der Waals surface area contributed by atoms with E-state index in [1.807, 2.05) is 22.8 Å². The quantitative estimate of drug-likeness (QED) is 0.354. The van der Waals surface area contributed by atoms with E-state index in [9.17, 15) is 14.7 Å². The number of halogens is 1. The van der Waals surface area contributed by atoms with Gasteiger partial charge < -0.3 is 29.5 Å². The molecule has 7 rings (SSSR count). The predicted molar refractivity (Wildman–Crippen MR) is 161 cm³/mol. The zero-order valence-electron chi connectivity index (χ0n) is 26.8. The van der Waals surface area contributed by atoms with Crippen molar-refractivity contribution in [2.45, 2.75) is 57.0 Å². The Morgan fingerprint density at radius 2 is 1.93 bits per heavy atom. The lowest BCUT2D eigenvalue weighted by Gasteiger charge is -2.24. The largest absolute Gasteiger partial charge is 0.444 e. The predicted octanol–water partition coefficient (Wildman–Crippen LogP) is 4.34. The molecular weight excluding hydrogens is 570 g/mol. The SMILES string of the molecule is [2H]C([2H])([2H])N1C(=O)c2cccc(Cl)c2[C@H]2C[C@@H]1c1nc3ccc(-c4cnc(N5C[C@@H](O)[C@H](NC(=O)OC(C)(C)C)C5)nc4)cc3n12. The number of fused-ring (bicyclic) bond motifs is 9. The molecule has 2 aromatic heterocycles. The van der Waals surface area contributed by atoms with Crippen LogP contribution in [-0.2, 0) is 4.74 Å². The molecular formula is C31H32ClN7O4. The second kappa shape index (κ2) is 9.92. The summed E-state index contributed by atoms with van der Waals surface area (Å²) in [5, 5.41) is 13.7. The molecule has 11 nitrogen and oxygen atoms in total. The van der Waals surface area contributed by atoms with E-state index in [-0.39, 0.29) is 18.2 Å². The van der Waals surface area contributed by atoms with E-state index < -0.39 is 42.8 Å².